The fourth-order valence-corrected chi connectivity index (χ4v) is 3.59. The van der Waals surface area contributed by atoms with Gasteiger partial charge in [0.15, 0.2) is 5.11 Å². The van der Waals surface area contributed by atoms with Gasteiger partial charge in [-0.15, -0.1) is 11.3 Å². The van der Waals surface area contributed by atoms with Crippen LogP contribution < -0.4 is 10.6 Å². The maximum Gasteiger partial charge on any atom is 0.348 e. The SMILES string of the molecule is CCCC(C)NC(=S)Nc1sc(C(=O)OC)c(C)c1C(=O)OC. The molecule has 0 amide bonds. The van der Waals surface area contributed by atoms with Crippen molar-refractivity contribution in [3.63, 3.8) is 0 Å². The van der Waals surface area contributed by atoms with E-state index < -0.39 is 11.9 Å². The van der Waals surface area contributed by atoms with Crippen molar-refractivity contribution in [2.24, 2.45) is 0 Å². The summed E-state index contributed by atoms with van der Waals surface area (Å²) in [4.78, 5) is 24.2. The Morgan fingerprint density at radius 2 is 1.87 bits per heavy atom. The molecular weight excluding hydrogens is 336 g/mol. The summed E-state index contributed by atoms with van der Waals surface area (Å²) < 4.78 is 9.54. The van der Waals surface area contributed by atoms with Crippen molar-refractivity contribution in [2.75, 3.05) is 19.5 Å². The molecule has 0 aliphatic heterocycles. The van der Waals surface area contributed by atoms with Gasteiger partial charge in [0.05, 0.1) is 19.8 Å². The highest BCUT2D eigenvalue weighted by molar-refractivity contribution is 7.80. The number of hydrogen-bond acceptors (Lipinski definition) is 6. The summed E-state index contributed by atoms with van der Waals surface area (Å²) in [6.45, 7) is 5.80. The Hall–Kier alpha value is -1.67. The van der Waals surface area contributed by atoms with E-state index >= 15 is 0 Å². The zero-order valence-electron chi connectivity index (χ0n) is 13.9. The molecule has 0 saturated carbocycles. The number of thiocarbonyl (C=S) groups is 1. The quantitative estimate of drug-likeness (QED) is 0.598. The van der Waals surface area contributed by atoms with Crippen LogP contribution in [0.1, 0.15) is 52.3 Å². The van der Waals surface area contributed by atoms with Gasteiger partial charge in [-0.25, -0.2) is 9.59 Å². The summed E-state index contributed by atoms with van der Waals surface area (Å²) in [5.74, 6) is -1.02. The highest BCUT2D eigenvalue weighted by Gasteiger charge is 2.26. The molecule has 0 aromatic carbocycles. The lowest BCUT2D eigenvalue weighted by Gasteiger charge is -2.16. The minimum atomic E-state index is -0.527. The van der Waals surface area contributed by atoms with E-state index in [-0.39, 0.29) is 6.04 Å². The average Bonchev–Trinajstić information content (AvgIpc) is 2.82. The number of esters is 2. The number of carbonyl (C=O) groups excluding carboxylic acids is 2. The molecule has 8 heteroatoms. The monoisotopic (exact) mass is 358 g/mol. The molecule has 1 unspecified atom stereocenters. The minimum Gasteiger partial charge on any atom is -0.465 e. The Bertz CT molecular complexity index is 599. The zero-order valence-corrected chi connectivity index (χ0v) is 15.6. The van der Waals surface area contributed by atoms with Crippen molar-refractivity contribution in [3.8, 4) is 0 Å². The molecule has 1 aromatic heterocycles. The average molecular weight is 358 g/mol. The van der Waals surface area contributed by atoms with Crippen molar-refractivity contribution >= 4 is 45.6 Å². The first-order valence-electron chi connectivity index (χ1n) is 7.23. The molecule has 6 nitrogen and oxygen atoms in total. The van der Waals surface area contributed by atoms with Gasteiger partial charge in [-0.3, -0.25) is 0 Å². The molecule has 0 aliphatic carbocycles. The highest BCUT2D eigenvalue weighted by atomic mass is 32.1. The van der Waals surface area contributed by atoms with Gasteiger partial charge >= 0.3 is 11.9 Å². The second-order valence-electron chi connectivity index (χ2n) is 5.03. The normalized spacial score (nSPS) is 11.5. The predicted molar refractivity (Wildman–Crippen MR) is 95.5 cm³/mol. The molecule has 0 radical (unpaired) electrons. The van der Waals surface area contributed by atoms with Gasteiger partial charge in [-0.05, 0) is 38.0 Å². The Morgan fingerprint density at radius 1 is 1.26 bits per heavy atom. The van der Waals surface area contributed by atoms with Gasteiger partial charge in [0.1, 0.15) is 9.88 Å². The third-order valence-electron chi connectivity index (χ3n) is 3.23. The van der Waals surface area contributed by atoms with Gasteiger partial charge in [-0.1, -0.05) is 13.3 Å². The lowest BCUT2D eigenvalue weighted by Crippen LogP contribution is -2.35. The second kappa shape index (κ2) is 8.83. The van der Waals surface area contributed by atoms with Gasteiger partial charge in [0, 0.05) is 6.04 Å². The van der Waals surface area contributed by atoms with Crippen molar-refractivity contribution in [1.29, 1.82) is 0 Å². The molecule has 0 bridgehead atoms. The standard InChI is InChI=1S/C15H22N2O4S2/c1-6-7-8(2)16-15(22)17-12-10(13(18)20-4)9(3)11(23-12)14(19)21-5/h8H,6-7H2,1-5H3,(H2,16,17,22). The van der Waals surface area contributed by atoms with Gasteiger partial charge < -0.3 is 20.1 Å². The van der Waals surface area contributed by atoms with Crippen LogP contribution in [0.5, 0.6) is 0 Å². The van der Waals surface area contributed by atoms with Gasteiger partial charge in [-0.2, -0.15) is 0 Å². The number of methoxy groups -OCH3 is 2. The molecule has 1 aromatic rings. The highest BCUT2D eigenvalue weighted by Crippen LogP contribution is 2.34. The number of nitrogens with one attached hydrogen (secondary N) is 2. The summed E-state index contributed by atoms with van der Waals surface area (Å²) in [7, 11) is 2.59. The summed E-state index contributed by atoms with van der Waals surface area (Å²) >= 11 is 6.39. The van der Waals surface area contributed by atoms with E-state index in [2.05, 4.69) is 17.6 Å². The van der Waals surface area contributed by atoms with Crippen molar-refractivity contribution < 1.29 is 19.1 Å². The predicted octanol–water partition coefficient (Wildman–Crippen LogP) is 3.10. The van der Waals surface area contributed by atoms with Crippen LogP contribution in [-0.2, 0) is 9.47 Å². The lowest BCUT2D eigenvalue weighted by molar-refractivity contribution is 0.0601. The van der Waals surface area contributed by atoms with E-state index in [1.54, 1.807) is 6.92 Å². The van der Waals surface area contributed by atoms with E-state index in [0.29, 0.717) is 26.1 Å². The molecule has 2 N–H and O–H groups in total. The first-order valence-corrected chi connectivity index (χ1v) is 8.45. The van der Waals surface area contributed by atoms with Crippen LogP contribution in [0, 0.1) is 6.92 Å². The maximum atomic E-state index is 12.0. The Morgan fingerprint density at radius 3 is 2.39 bits per heavy atom. The fraction of sp³-hybridized carbons (Fsp3) is 0.533. The maximum absolute atomic E-state index is 12.0. The molecule has 128 valence electrons. The molecule has 23 heavy (non-hydrogen) atoms. The van der Waals surface area contributed by atoms with E-state index in [0.717, 1.165) is 24.2 Å². The topological polar surface area (TPSA) is 76.7 Å². The molecule has 1 atom stereocenters. The first kappa shape index (κ1) is 19.4. The second-order valence-corrected chi connectivity index (χ2v) is 6.46. The number of hydrogen-bond donors (Lipinski definition) is 2. The van der Waals surface area contributed by atoms with Gasteiger partial charge in [0.2, 0.25) is 0 Å². The largest absolute Gasteiger partial charge is 0.465 e. The Labute approximate surface area is 145 Å². The van der Waals surface area contributed by atoms with Crippen molar-refractivity contribution in [1.82, 2.24) is 5.32 Å². The number of carbonyl (C=O) groups is 2. The van der Waals surface area contributed by atoms with Crippen molar-refractivity contribution in [3.05, 3.63) is 16.0 Å². The van der Waals surface area contributed by atoms with E-state index in [9.17, 15) is 9.59 Å². The zero-order chi connectivity index (χ0) is 17.6. The third kappa shape index (κ3) is 4.90. The summed E-state index contributed by atoms with van der Waals surface area (Å²) in [6.07, 6.45) is 2.01. The first-order chi connectivity index (χ1) is 10.8. The van der Waals surface area contributed by atoms with E-state index in [4.69, 9.17) is 21.7 Å². The van der Waals surface area contributed by atoms with Crippen LogP contribution in [-0.4, -0.2) is 37.3 Å². The Kier molecular flexibility index (Phi) is 7.44. The molecule has 0 aliphatic rings. The molecular formula is C15H22N2O4S2. The number of rotatable bonds is 6. The van der Waals surface area contributed by atoms with Crippen LogP contribution >= 0.6 is 23.6 Å². The minimum absolute atomic E-state index is 0.211. The van der Waals surface area contributed by atoms with Crippen LogP contribution in [0.2, 0.25) is 0 Å². The molecule has 1 rings (SSSR count). The van der Waals surface area contributed by atoms with Crippen LogP contribution in [0.25, 0.3) is 0 Å². The summed E-state index contributed by atoms with van der Waals surface area (Å²) in [6, 6.07) is 0.211. The van der Waals surface area contributed by atoms with E-state index in [1.807, 2.05) is 6.92 Å². The number of thiophene rings is 1. The van der Waals surface area contributed by atoms with Crippen LogP contribution in [0.15, 0.2) is 0 Å². The fourth-order valence-electron chi connectivity index (χ4n) is 2.10. The third-order valence-corrected chi connectivity index (χ3v) is 4.64. The molecule has 0 fully saturated rings. The number of ether oxygens (including phenoxy) is 2. The lowest BCUT2D eigenvalue weighted by atomic mass is 10.1. The molecule has 0 spiro atoms. The Balaban J connectivity index is 3.07. The summed E-state index contributed by atoms with van der Waals surface area (Å²) in [5.41, 5.74) is 0.811. The molecule has 1 heterocycles. The smallest absolute Gasteiger partial charge is 0.348 e. The number of anilines is 1. The summed E-state index contributed by atoms with van der Waals surface area (Å²) in [5, 5.41) is 7.00. The van der Waals surface area contributed by atoms with Crippen molar-refractivity contribution in [2.45, 2.75) is 39.7 Å². The van der Waals surface area contributed by atoms with E-state index in [1.165, 1.54) is 14.2 Å². The van der Waals surface area contributed by atoms with Crippen LogP contribution in [0.4, 0.5) is 5.00 Å². The van der Waals surface area contributed by atoms with Crippen LogP contribution in [0.3, 0.4) is 0 Å². The van der Waals surface area contributed by atoms with Gasteiger partial charge in [0.25, 0.3) is 0 Å². The molecule has 0 saturated heterocycles.